The molecule has 0 bridgehead atoms. The van der Waals surface area contributed by atoms with Gasteiger partial charge in [0.1, 0.15) is 9.88 Å². The van der Waals surface area contributed by atoms with Crippen molar-refractivity contribution in [3.05, 3.63) is 45.7 Å². The number of hydrogen-bond donors (Lipinski definition) is 2. The summed E-state index contributed by atoms with van der Waals surface area (Å²) in [5.74, 6) is -0.117. The Morgan fingerprint density at radius 1 is 1.56 bits per heavy atom. The Hall–Kier alpha value is -1.79. The Kier molecular flexibility index (Phi) is 4.01. The van der Waals surface area contributed by atoms with Gasteiger partial charge in [-0.1, -0.05) is 6.07 Å². The topological polar surface area (TPSA) is 80.9 Å². The van der Waals surface area contributed by atoms with E-state index in [4.69, 9.17) is 5.73 Å². The predicted octanol–water partition coefficient (Wildman–Crippen LogP) is 1.24. The standard InChI is InChI=1S/C12H14N4OS/c1-8-11(18-10(5-13)16-8)12(17)15-7-9-3-2-4-14-6-9/h2-4,6H,5,7,13H2,1H3,(H,15,17). The van der Waals surface area contributed by atoms with Gasteiger partial charge in [-0.05, 0) is 18.6 Å². The summed E-state index contributed by atoms with van der Waals surface area (Å²) in [6.07, 6.45) is 3.43. The molecule has 2 rings (SSSR count). The van der Waals surface area contributed by atoms with Crippen LogP contribution in [-0.2, 0) is 13.1 Å². The maximum absolute atomic E-state index is 12.0. The van der Waals surface area contributed by atoms with Crippen molar-refractivity contribution in [2.75, 3.05) is 0 Å². The molecule has 0 atom stereocenters. The van der Waals surface area contributed by atoms with Gasteiger partial charge in [-0.2, -0.15) is 0 Å². The van der Waals surface area contributed by atoms with Crippen LogP contribution < -0.4 is 11.1 Å². The molecule has 0 radical (unpaired) electrons. The van der Waals surface area contributed by atoms with Gasteiger partial charge >= 0.3 is 0 Å². The van der Waals surface area contributed by atoms with Gasteiger partial charge in [-0.3, -0.25) is 9.78 Å². The number of nitrogens with zero attached hydrogens (tertiary/aromatic N) is 2. The zero-order valence-corrected chi connectivity index (χ0v) is 10.8. The Bertz CT molecular complexity index is 538. The van der Waals surface area contributed by atoms with Gasteiger partial charge in [0.2, 0.25) is 0 Å². The number of thiazole rings is 1. The van der Waals surface area contributed by atoms with E-state index in [1.807, 2.05) is 19.1 Å². The highest BCUT2D eigenvalue weighted by atomic mass is 32.1. The first-order valence-corrected chi connectivity index (χ1v) is 6.36. The SMILES string of the molecule is Cc1nc(CN)sc1C(=O)NCc1cccnc1. The monoisotopic (exact) mass is 262 g/mol. The number of carbonyl (C=O) groups is 1. The van der Waals surface area contributed by atoms with E-state index in [0.29, 0.717) is 18.0 Å². The van der Waals surface area contributed by atoms with Crippen molar-refractivity contribution in [2.24, 2.45) is 5.73 Å². The molecule has 2 aromatic heterocycles. The highest BCUT2D eigenvalue weighted by Crippen LogP contribution is 2.17. The van der Waals surface area contributed by atoms with E-state index in [-0.39, 0.29) is 5.91 Å². The molecule has 18 heavy (non-hydrogen) atoms. The number of aromatic nitrogens is 2. The van der Waals surface area contributed by atoms with Gasteiger partial charge in [0.25, 0.3) is 5.91 Å². The first-order chi connectivity index (χ1) is 8.70. The molecule has 0 fully saturated rings. The van der Waals surface area contributed by atoms with Crippen molar-refractivity contribution in [2.45, 2.75) is 20.0 Å². The molecule has 0 aromatic carbocycles. The molecule has 6 heteroatoms. The van der Waals surface area contributed by atoms with Crippen molar-refractivity contribution < 1.29 is 4.79 Å². The third kappa shape index (κ3) is 2.91. The van der Waals surface area contributed by atoms with Crippen molar-refractivity contribution in [3.8, 4) is 0 Å². The molecule has 0 saturated carbocycles. The molecule has 0 aliphatic heterocycles. The van der Waals surface area contributed by atoms with Crippen LogP contribution in [0.1, 0.15) is 25.9 Å². The summed E-state index contributed by atoms with van der Waals surface area (Å²) >= 11 is 1.34. The van der Waals surface area contributed by atoms with Crippen LogP contribution in [0.3, 0.4) is 0 Å². The van der Waals surface area contributed by atoms with Crippen LogP contribution in [0.25, 0.3) is 0 Å². The molecule has 1 amide bonds. The molecule has 0 saturated heterocycles. The summed E-state index contributed by atoms with van der Waals surface area (Å²) < 4.78 is 0. The third-order valence-corrected chi connectivity index (χ3v) is 3.58. The molecular formula is C12H14N4OS. The number of nitrogens with one attached hydrogen (secondary N) is 1. The Balaban J connectivity index is 2.01. The van der Waals surface area contributed by atoms with Crippen LogP contribution in [0, 0.1) is 6.92 Å². The van der Waals surface area contributed by atoms with Crippen molar-refractivity contribution in [1.29, 1.82) is 0 Å². The summed E-state index contributed by atoms with van der Waals surface area (Å²) in [5.41, 5.74) is 7.20. The maximum Gasteiger partial charge on any atom is 0.263 e. The van der Waals surface area contributed by atoms with Crippen molar-refractivity contribution in [3.63, 3.8) is 0 Å². The maximum atomic E-state index is 12.0. The Labute approximate surface area is 109 Å². The van der Waals surface area contributed by atoms with Gasteiger partial charge in [0.05, 0.1) is 5.69 Å². The highest BCUT2D eigenvalue weighted by molar-refractivity contribution is 7.13. The molecule has 2 heterocycles. The minimum Gasteiger partial charge on any atom is -0.347 e. The van der Waals surface area contributed by atoms with E-state index in [9.17, 15) is 4.79 Å². The number of hydrogen-bond acceptors (Lipinski definition) is 5. The number of rotatable bonds is 4. The fraction of sp³-hybridized carbons (Fsp3) is 0.250. The molecule has 0 spiro atoms. The van der Waals surface area contributed by atoms with E-state index >= 15 is 0 Å². The van der Waals surface area contributed by atoms with Gasteiger partial charge in [0.15, 0.2) is 0 Å². The fourth-order valence-electron chi connectivity index (χ4n) is 1.52. The minimum absolute atomic E-state index is 0.117. The largest absolute Gasteiger partial charge is 0.347 e. The second-order valence-corrected chi connectivity index (χ2v) is 4.85. The number of amides is 1. The average Bonchev–Trinajstić information content (AvgIpc) is 2.78. The van der Waals surface area contributed by atoms with Crippen molar-refractivity contribution >= 4 is 17.2 Å². The smallest absolute Gasteiger partial charge is 0.263 e. The van der Waals surface area contributed by atoms with E-state index in [1.165, 1.54) is 11.3 Å². The van der Waals surface area contributed by atoms with Crippen LogP contribution in [-0.4, -0.2) is 15.9 Å². The summed E-state index contributed by atoms with van der Waals surface area (Å²) in [6, 6.07) is 3.75. The average molecular weight is 262 g/mol. The lowest BCUT2D eigenvalue weighted by Crippen LogP contribution is -2.22. The number of pyridine rings is 1. The van der Waals surface area contributed by atoms with Gasteiger partial charge in [0, 0.05) is 25.5 Å². The van der Waals surface area contributed by atoms with Crippen LogP contribution >= 0.6 is 11.3 Å². The number of nitrogens with two attached hydrogens (primary N) is 1. The Morgan fingerprint density at radius 3 is 3.00 bits per heavy atom. The molecular weight excluding hydrogens is 248 g/mol. The third-order valence-electron chi connectivity index (χ3n) is 2.40. The van der Waals surface area contributed by atoms with E-state index in [1.54, 1.807) is 12.4 Å². The summed E-state index contributed by atoms with van der Waals surface area (Å²) in [4.78, 5) is 20.8. The molecule has 5 nitrogen and oxygen atoms in total. The molecule has 0 aliphatic carbocycles. The summed E-state index contributed by atoms with van der Waals surface area (Å²) in [7, 11) is 0. The molecule has 0 aliphatic rings. The Morgan fingerprint density at radius 2 is 2.39 bits per heavy atom. The first kappa shape index (κ1) is 12.7. The van der Waals surface area contributed by atoms with E-state index in [2.05, 4.69) is 15.3 Å². The second-order valence-electron chi connectivity index (χ2n) is 3.77. The second kappa shape index (κ2) is 5.70. The van der Waals surface area contributed by atoms with Crippen LogP contribution in [0.4, 0.5) is 0 Å². The van der Waals surface area contributed by atoms with Crippen molar-refractivity contribution in [1.82, 2.24) is 15.3 Å². The van der Waals surface area contributed by atoms with Gasteiger partial charge in [-0.25, -0.2) is 4.98 Å². The zero-order valence-electron chi connectivity index (χ0n) is 10.0. The number of aryl methyl sites for hydroxylation is 1. The molecule has 0 unspecified atom stereocenters. The fourth-order valence-corrected chi connectivity index (χ4v) is 2.38. The summed E-state index contributed by atoms with van der Waals surface area (Å²) in [6.45, 7) is 2.64. The van der Waals surface area contributed by atoms with E-state index < -0.39 is 0 Å². The van der Waals surface area contributed by atoms with Crippen LogP contribution in [0.2, 0.25) is 0 Å². The summed E-state index contributed by atoms with van der Waals surface area (Å²) in [5, 5.41) is 3.62. The minimum atomic E-state index is -0.117. The van der Waals surface area contributed by atoms with Crippen LogP contribution in [0.5, 0.6) is 0 Å². The lowest BCUT2D eigenvalue weighted by atomic mass is 10.3. The van der Waals surface area contributed by atoms with Gasteiger partial charge < -0.3 is 11.1 Å². The molecule has 94 valence electrons. The lowest BCUT2D eigenvalue weighted by molar-refractivity contribution is 0.0954. The van der Waals surface area contributed by atoms with Gasteiger partial charge in [-0.15, -0.1) is 11.3 Å². The lowest BCUT2D eigenvalue weighted by Gasteiger charge is -2.03. The molecule has 3 N–H and O–H groups in total. The normalized spacial score (nSPS) is 10.3. The zero-order chi connectivity index (χ0) is 13.0. The number of carbonyl (C=O) groups excluding carboxylic acids is 1. The highest BCUT2D eigenvalue weighted by Gasteiger charge is 2.14. The first-order valence-electron chi connectivity index (χ1n) is 5.54. The quantitative estimate of drug-likeness (QED) is 0.868. The van der Waals surface area contributed by atoms with Crippen LogP contribution in [0.15, 0.2) is 24.5 Å². The van der Waals surface area contributed by atoms with E-state index in [0.717, 1.165) is 16.3 Å². The molecule has 2 aromatic rings. The predicted molar refractivity (Wildman–Crippen MR) is 70.1 cm³/mol.